The van der Waals surface area contributed by atoms with Crippen molar-refractivity contribution in [2.24, 2.45) is 0 Å². The molecule has 2 fully saturated rings. The van der Waals surface area contributed by atoms with E-state index in [1.807, 2.05) is 18.7 Å². The van der Waals surface area contributed by atoms with E-state index in [4.69, 9.17) is 4.74 Å². The Balaban J connectivity index is 0.00000484. The van der Waals surface area contributed by atoms with Crippen LogP contribution in [0.15, 0.2) is 30.5 Å². The Bertz CT molecular complexity index is 1230. The molecule has 1 saturated carbocycles. The van der Waals surface area contributed by atoms with Gasteiger partial charge in [-0.2, -0.15) is 13.2 Å². The van der Waals surface area contributed by atoms with Crippen LogP contribution in [0.2, 0.25) is 0 Å². The molecule has 0 radical (unpaired) electrons. The monoisotopic (exact) mass is 595 g/mol. The van der Waals surface area contributed by atoms with E-state index >= 15 is 8.78 Å². The molecule has 4 rings (SSSR count). The molecule has 1 saturated heterocycles. The van der Waals surface area contributed by atoms with E-state index in [0.717, 1.165) is 12.3 Å². The van der Waals surface area contributed by atoms with Gasteiger partial charge in [-0.1, -0.05) is 0 Å². The Labute approximate surface area is 233 Å². The topological polar surface area (TPSA) is 54.5 Å². The lowest BCUT2D eigenvalue weighted by Crippen LogP contribution is -2.59. The van der Waals surface area contributed by atoms with E-state index in [1.165, 1.54) is 0 Å². The minimum atomic E-state index is -5.09. The number of aromatic nitrogens is 1. The Morgan fingerprint density at radius 2 is 1.85 bits per heavy atom. The van der Waals surface area contributed by atoms with Crippen molar-refractivity contribution in [1.82, 2.24) is 15.2 Å². The van der Waals surface area contributed by atoms with Gasteiger partial charge in [0.2, 0.25) is 5.91 Å². The highest BCUT2D eigenvalue weighted by molar-refractivity contribution is 5.80. The molecule has 2 aromatic rings. The maximum Gasteiger partial charge on any atom is 0.418 e. The van der Waals surface area contributed by atoms with E-state index in [1.54, 1.807) is 0 Å². The third-order valence-electron chi connectivity index (χ3n) is 7.54. The van der Waals surface area contributed by atoms with Crippen molar-refractivity contribution in [3.63, 3.8) is 0 Å². The van der Waals surface area contributed by atoms with Gasteiger partial charge in [0.15, 0.2) is 0 Å². The summed E-state index contributed by atoms with van der Waals surface area (Å²) in [5, 5.41) is 2.14. The molecule has 1 aromatic carbocycles. The van der Waals surface area contributed by atoms with Gasteiger partial charge in [-0.3, -0.25) is 14.7 Å². The van der Waals surface area contributed by atoms with Crippen LogP contribution in [0.25, 0.3) is 11.3 Å². The van der Waals surface area contributed by atoms with Crippen molar-refractivity contribution in [3.8, 4) is 11.3 Å². The van der Waals surface area contributed by atoms with E-state index < -0.39 is 89.3 Å². The number of rotatable bonds is 7. The summed E-state index contributed by atoms with van der Waals surface area (Å²) in [5.41, 5.74) is -3.35. The van der Waals surface area contributed by atoms with Crippen LogP contribution in [0.1, 0.15) is 52.1 Å². The first-order valence-electron chi connectivity index (χ1n) is 13.4. The smallest absolute Gasteiger partial charge is 0.369 e. The molecule has 1 aromatic heterocycles. The maximum absolute atomic E-state index is 15.0. The zero-order valence-corrected chi connectivity index (χ0v) is 22.5. The number of pyridine rings is 1. The number of hydrogen-bond donors (Lipinski definition) is 1. The largest absolute Gasteiger partial charge is 0.418 e. The van der Waals surface area contributed by atoms with Crippen LogP contribution < -0.4 is 5.32 Å². The number of carbonyl (C=O) groups excluding carboxylic acids is 1. The van der Waals surface area contributed by atoms with Gasteiger partial charge in [0.05, 0.1) is 29.9 Å². The number of alkyl halides is 6. The fraction of sp³-hybridized carbons (Fsp3) is 0.571. The number of carbonyl (C=O) groups is 1. The molecule has 13 heteroatoms. The summed E-state index contributed by atoms with van der Waals surface area (Å²) >= 11 is 0. The van der Waals surface area contributed by atoms with E-state index in [-0.39, 0.29) is 33.3 Å². The number of ether oxygens (including phenoxy) is 1. The molecule has 2 aliphatic rings. The van der Waals surface area contributed by atoms with Crippen LogP contribution in [0.3, 0.4) is 0 Å². The van der Waals surface area contributed by atoms with E-state index in [2.05, 4.69) is 10.3 Å². The molecule has 4 atom stereocenters. The highest BCUT2D eigenvalue weighted by Gasteiger charge is 2.50. The number of benzene rings is 1. The summed E-state index contributed by atoms with van der Waals surface area (Å²) in [6.07, 6.45) is -8.94. The molecule has 0 unspecified atom stereocenters. The van der Waals surface area contributed by atoms with Gasteiger partial charge < -0.3 is 10.1 Å². The molecule has 41 heavy (non-hydrogen) atoms. The van der Waals surface area contributed by atoms with Gasteiger partial charge >= 0.3 is 6.18 Å². The van der Waals surface area contributed by atoms with Crippen molar-refractivity contribution in [2.45, 2.75) is 88.5 Å². The SMILES string of the molecule is CC(C)N1CC[C@@H](O[C@H]2CCCC(F)(F)[C@@H]2NC(=O)Cc2ccnc(-c3cc(F)cc(F)c3)c2C(F)(F)F)[C@@H](F)C1.[HH]. The Morgan fingerprint density at radius 1 is 1.17 bits per heavy atom. The number of hydrogen-bond acceptors (Lipinski definition) is 4. The lowest BCUT2D eigenvalue weighted by atomic mass is 9.88. The average molecular weight is 596 g/mol. The normalized spacial score (nSPS) is 25.3. The fourth-order valence-corrected chi connectivity index (χ4v) is 5.50. The predicted molar refractivity (Wildman–Crippen MR) is 136 cm³/mol. The van der Waals surface area contributed by atoms with Gasteiger partial charge in [-0.15, -0.1) is 0 Å². The zero-order valence-electron chi connectivity index (χ0n) is 22.5. The molecule has 1 aliphatic carbocycles. The standard InChI is InChI=1S/C28H31F8N3O2.H2/c1-15(2)39-9-6-21(20(31)14-39)41-22-4-3-7-27(32,33)26(22)38-23(40)12-16-5-8-37-25(24(16)28(34,35)36)17-10-18(29)13-19(30)11-17;/h5,8,10-11,13,15,20-22,26H,3-4,6-7,9,12,14H2,1-2H3,(H,38,40);1H/t20-,21+,22-,26+;/m0./s1. The van der Waals surface area contributed by atoms with Crippen molar-refractivity contribution in [2.75, 3.05) is 13.1 Å². The van der Waals surface area contributed by atoms with Crippen LogP contribution in [0.4, 0.5) is 35.1 Å². The molecule has 1 amide bonds. The number of amides is 1. The number of halogens is 8. The lowest BCUT2D eigenvalue weighted by molar-refractivity contribution is -0.167. The molecular formula is C28H33F8N3O2. The van der Waals surface area contributed by atoms with Gasteiger partial charge in [0, 0.05) is 44.8 Å². The number of piperidine rings is 1. The molecule has 1 aliphatic heterocycles. The molecular weight excluding hydrogens is 562 g/mol. The van der Waals surface area contributed by atoms with E-state index in [9.17, 15) is 31.1 Å². The Hall–Kier alpha value is -2.80. The first-order valence-corrected chi connectivity index (χ1v) is 13.4. The summed E-state index contributed by atoms with van der Waals surface area (Å²) in [7, 11) is 0. The van der Waals surface area contributed by atoms with Crippen LogP contribution in [0, 0.1) is 11.6 Å². The van der Waals surface area contributed by atoms with Gasteiger partial charge in [0.25, 0.3) is 5.92 Å². The summed E-state index contributed by atoms with van der Waals surface area (Å²) in [6, 6.07) is 0.917. The summed E-state index contributed by atoms with van der Waals surface area (Å²) in [5.74, 6) is -6.86. The second-order valence-corrected chi connectivity index (χ2v) is 10.8. The molecule has 1 N–H and O–H groups in total. The van der Waals surface area contributed by atoms with Gasteiger partial charge in [0.1, 0.15) is 23.8 Å². The third kappa shape index (κ3) is 7.35. The molecule has 228 valence electrons. The first-order chi connectivity index (χ1) is 19.2. The Kier molecular flexibility index (Phi) is 9.27. The molecule has 0 spiro atoms. The maximum atomic E-state index is 15.0. The molecule has 2 heterocycles. The minimum absolute atomic E-state index is 0. The Morgan fingerprint density at radius 3 is 2.46 bits per heavy atom. The quantitative estimate of drug-likeness (QED) is 0.380. The van der Waals surface area contributed by atoms with Crippen molar-refractivity contribution < 1.29 is 46.1 Å². The van der Waals surface area contributed by atoms with Crippen LogP contribution in [-0.2, 0) is 22.1 Å². The third-order valence-corrected chi connectivity index (χ3v) is 7.54. The summed E-state index contributed by atoms with van der Waals surface area (Å²) in [4.78, 5) is 18.5. The summed E-state index contributed by atoms with van der Waals surface area (Å²) < 4.78 is 121. The molecule has 5 nitrogen and oxygen atoms in total. The number of nitrogens with zero attached hydrogens (tertiary/aromatic N) is 2. The second kappa shape index (κ2) is 12.2. The second-order valence-electron chi connectivity index (χ2n) is 10.8. The van der Waals surface area contributed by atoms with Crippen LogP contribution in [-0.4, -0.2) is 65.3 Å². The average Bonchev–Trinajstić information content (AvgIpc) is 2.85. The first kappa shape index (κ1) is 31.1. The lowest BCUT2D eigenvalue weighted by Gasteiger charge is -2.42. The summed E-state index contributed by atoms with van der Waals surface area (Å²) in [6.45, 7) is 4.39. The van der Waals surface area contributed by atoms with Crippen LogP contribution >= 0.6 is 0 Å². The zero-order chi connectivity index (χ0) is 30.1. The highest BCUT2D eigenvalue weighted by atomic mass is 19.4. The highest BCUT2D eigenvalue weighted by Crippen LogP contribution is 2.40. The van der Waals surface area contributed by atoms with E-state index in [0.29, 0.717) is 24.7 Å². The van der Waals surface area contributed by atoms with Crippen molar-refractivity contribution in [3.05, 3.63) is 53.2 Å². The minimum Gasteiger partial charge on any atom is -0.369 e. The molecule has 0 bridgehead atoms. The van der Waals surface area contributed by atoms with Gasteiger partial charge in [-0.05, 0) is 56.9 Å². The fourth-order valence-electron chi connectivity index (χ4n) is 5.50. The number of nitrogens with one attached hydrogen (secondary N) is 1. The predicted octanol–water partition coefficient (Wildman–Crippen LogP) is 6.34. The number of likely N-dealkylation sites (tertiary alicyclic amines) is 1. The van der Waals surface area contributed by atoms with Gasteiger partial charge in [-0.25, -0.2) is 22.0 Å². The van der Waals surface area contributed by atoms with Crippen LogP contribution in [0.5, 0.6) is 0 Å². The van der Waals surface area contributed by atoms with Crippen molar-refractivity contribution in [1.29, 1.82) is 0 Å². The van der Waals surface area contributed by atoms with Crippen molar-refractivity contribution >= 4 is 5.91 Å².